The SMILES string of the molecule is COC(=O)c1ccc(CC(F)F)cc1N. The van der Waals surface area contributed by atoms with E-state index in [1.54, 1.807) is 0 Å². The summed E-state index contributed by atoms with van der Waals surface area (Å²) in [5.74, 6) is -0.573. The van der Waals surface area contributed by atoms with E-state index in [4.69, 9.17) is 5.73 Å². The number of alkyl halides is 2. The van der Waals surface area contributed by atoms with Crippen molar-refractivity contribution >= 4 is 11.7 Å². The largest absolute Gasteiger partial charge is 0.465 e. The number of ether oxygens (including phenoxy) is 1. The molecule has 0 atom stereocenters. The molecular formula is C10H11F2NO2. The Morgan fingerprint density at radius 1 is 1.53 bits per heavy atom. The maximum atomic E-state index is 12.0. The molecule has 0 radical (unpaired) electrons. The van der Waals surface area contributed by atoms with E-state index < -0.39 is 12.4 Å². The minimum atomic E-state index is -2.42. The van der Waals surface area contributed by atoms with Gasteiger partial charge in [-0.25, -0.2) is 13.6 Å². The van der Waals surface area contributed by atoms with Crippen LogP contribution >= 0.6 is 0 Å². The molecule has 0 heterocycles. The van der Waals surface area contributed by atoms with Crippen LogP contribution in [0.1, 0.15) is 15.9 Å². The van der Waals surface area contributed by atoms with E-state index in [0.29, 0.717) is 5.56 Å². The number of hydrogen-bond donors (Lipinski definition) is 1. The van der Waals surface area contributed by atoms with E-state index in [1.165, 1.54) is 25.3 Å². The fourth-order valence-corrected chi connectivity index (χ4v) is 1.21. The number of halogens is 2. The second-order valence-corrected chi connectivity index (χ2v) is 3.01. The van der Waals surface area contributed by atoms with Crippen LogP contribution in [0, 0.1) is 0 Å². The third-order valence-corrected chi connectivity index (χ3v) is 1.91. The van der Waals surface area contributed by atoms with Gasteiger partial charge in [-0.3, -0.25) is 0 Å². The summed E-state index contributed by atoms with van der Waals surface area (Å²) in [6, 6.07) is 4.19. The molecule has 1 aromatic rings. The summed E-state index contributed by atoms with van der Waals surface area (Å²) in [6.07, 6.45) is -2.79. The van der Waals surface area contributed by atoms with Gasteiger partial charge < -0.3 is 10.5 Å². The highest BCUT2D eigenvalue weighted by Crippen LogP contribution is 2.17. The highest BCUT2D eigenvalue weighted by Gasteiger charge is 2.11. The highest BCUT2D eigenvalue weighted by atomic mass is 19.3. The number of methoxy groups -OCH3 is 1. The number of carbonyl (C=O) groups excluding carboxylic acids is 1. The Hall–Kier alpha value is -1.65. The van der Waals surface area contributed by atoms with Crippen LogP contribution in [0.2, 0.25) is 0 Å². The molecule has 0 unspecified atom stereocenters. The maximum absolute atomic E-state index is 12.0. The number of rotatable bonds is 3. The van der Waals surface area contributed by atoms with Crippen LogP contribution in [0.3, 0.4) is 0 Å². The minimum absolute atomic E-state index is 0.153. The summed E-state index contributed by atoms with van der Waals surface area (Å²) < 4.78 is 28.6. The average molecular weight is 215 g/mol. The predicted octanol–water partition coefficient (Wildman–Crippen LogP) is 1.86. The van der Waals surface area contributed by atoms with E-state index in [1.807, 2.05) is 0 Å². The molecule has 0 aliphatic heterocycles. The van der Waals surface area contributed by atoms with Gasteiger partial charge in [0.25, 0.3) is 0 Å². The first-order valence-corrected chi connectivity index (χ1v) is 4.29. The van der Waals surface area contributed by atoms with Gasteiger partial charge in [0.2, 0.25) is 6.43 Å². The molecule has 2 N–H and O–H groups in total. The number of anilines is 1. The van der Waals surface area contributed by atoms with Crippen molar-refractivity contribution < 1.29 is 18.3 Å². The van der Waals surface area contributed by atoms with Crippen LogP contribution in [-0.4, -0.2) is 19.5 Å². The number of nitrogen functional groups attached to an aromatic ring is 1. The second-order valence-electron chi connectivity index (χ2n) is 3.01. The van der Waals surface area contributed by atoms with Crippen LogP contribution in [0.4, 0.5) is 14.5 Å². The number of hydrogen-bond acceptors (Lipinski definition) is 3. The van der Waals surface area contributed by atoms with Crippen LogP contribution in [-0.2, 0) is 11.2 Å². The van der Waals surface area contributed by atoms with Crippen molar-refractivity contribution in [2.75, 3.05) is 12.8 Å². The lowest BCUT2D eigenvalue weighted by Gasteiger charge is -2.06. The molecule has 0 saturated carbocycles. The fourth-order valence-electron chi connectivity index (χ4n) is 1.21. The lowest BCUT2D eigenvalue weighted by molar-refractivity contribution is 0.0602. The van der Waals surface area contributed by atoms with Gasteiger partial charge in [-0.15, -0.1) is 0 Å². The molecule has 0 aliphatic carbocycles. The van der Waals surface area contributed by atoms with Crippen molar-refractivity contribution in [3.63, 3.8) is 0 Å². The van der Waals surface area contributed by atoms with Crippen LogP contribution in [0.5, 0.6) is 0 Å². The van der Waals surface area contributed by atoms with Crippen molar-refractivity contribution in [2.45, 2.75) is 12.8 Å². The first kappa shape index (κ1) is 11.4. The third-order valence-electron chi connectivity index (χ3n) is 1.91. The number of nitrogens with two attached hydrogens (primary N) is 1. The molecule has 0 fully saturated rings. The van der Waals surface area contributed by atoms with Crippen molar-refractivity contribution in [3.8, 4) is 0 Å². The second kappa shape index (κ2) is 4.72. The zero-order chi connectivity index (χ0) is 11.4. The molecule has 5 heteroatoms. The molecular weight excluding hydrogens is 204 g/mol. The Kier molecular flexibility index (Phi) is 3.60. The van der Waals surface area contributed by atoms with Crippen LogP contribution in [0.25, 0.3) is 0 Å². The molecule has 0 saturated heterocycles. The predicted molar refractivity (Wildman–Crippen MR) is 51.9 cm³/mol. The molecule has 0 aliphatic rings. The lowest BCUT2D eigenvalue weighted by Crippen LogP contribution is -2.07. The summed E-state index contributed by atoms with van der Waals surface area (Å²) in [5, 5.41) is 0. The minimum Gasteiger partial charge on any atom is -0.465 e. The summed E-state index contributed by atoms with van der Waals surface area (Å²) in [6.45, 7) is 0. The van der Waals surface area contributed by atoms with Gasteiger partial charge in [0, 0.05) is 12.1 Å². The molecule has 0 spiro atoms. The average Bonchev–Trinajstić information content (AvgIpc) is 2.16. The monoisotopic (exact) mass is 215 g/mol. The lowest BCUT2D eigenvalue weighted by atomic mass is 10.1. The van der Waals surface area contributed by atoms with Gasteiger partial charge in [-0.2, -0.15) is 0 Å². The van der Waals surface area contributed by atoms with E-state index >= 15 is 0 Å². The summed E-state index contributed by atoms with van der Waals surface area (Å²) in [4.78, 5) is 11.1. The summed E-state index contributed by atoms with van der Waals surface area (Å²) in [5.41, 5.74) is 6.27. The molecule has 82 valence electrons. The van der Waals surface area contributed by atoms with Gasteiger partial charge in [0.05, 0.1) is 12.7 Å². The maximum Gasteiger partial charge on any atom is 0.339 e. The van der Waals surface area contributed by atoms with E-state index in [-0.39, 0.29) is 17.7 Å². The Balaban J connectivity index is 2.93. The van der Waals surface area contributed by atoms with Crippen molar-refractivity contribution in [2.24, 2.45) is 0 Å². The van der Waals surface area contributed by atoms with Crippen LogP contribution < -0.4 is 5.73 Å². The van der Waals surface area contributed by atoms with Gasteiger partial charge >= 0.3 is 5.97 Å². The molecule has 15 heavy (non-hydrogen) atoms. The quantitative estimate of drug-likeness (QED) is 0.618. The standard InChI is InChI=1S/C10H11F2NO2/c1-15-10(14)7-3-2-6(4-8(7)13)5-9(11)12/h2-4,9H,5,13H2,1H3. The first-order chi connectivity index (χ1) is 7.04. The van der Waals surface area contributed by atoms with Crippen molar-refractivity contribution in [3.05, 3.63) is 29.3 Å². The summed E-state index contributed by atoms with van der Waals surface area (Å²) >= 11 is 0. The summed E-state index contributed by atoms with van der Waals surface area (Å²) in [7, 11) is 1.23. The molecule has 0 amide bonds. The van der Waals surface area contributed by atoms with Gasteiger partial charge in [-0.1, -0.05) is 6.07 Å². The zero-order valence-electron chi connectivity index (χ0n) is 8.17. The third kappa shape index (κ3) is 2.90. The molecule has 0 aromatic heterocycles. The van der Waals surface area contributed by atoms with E-state index in [9.17, 15) is 13.6 Å². The van der Waals surface area contributed by atoms with Gasteiger partial charge in [0.1, 0.15) is 0 Å². The fraction of sp³-hybridized carbons (Fsp3) is 0.300. The van der Waals surface area contributed by atoms with Crippen molar-refractivity contribution in [1.82, 2.24) is 0 Å². The smallest absolute Gasteiger partial charge is 0.339 e. The topological polar surface area (TPSA) is 52.3 Å². The number of benzene rings is 1. The van der Waals surface area contributed by atoms with Gasteiger partial charge in [0.15, 0.2) is 0 Å². The van der Waals surface area contributed by atoms with Crippen LogP contribution in [0.15, 0.2) is 18.2 Å². The normalized spacial score (nSPS) is 10.4. The molecule has 3 nitrogen and oxygen atoms in total. The molecule has 1 aromatic carbocycles. The van der Waals surface area contributed by atoms with Crippen molar-refractivity contribution in [1.29, 1.82) is 0 Å². The first-order valence-electron chi connectivity index (χ1n) is 4.29. The molecule has 1 rings (SSSR count). The Labute approximate surface area is 85.8 Å². The number of carbonyl (C=O) groups is 1. The van der Waals surface area contributed by atoms with Gasteiger partial charge in [-0.05, 0) is 17.7 Å². The Morgan fingerprint density at radius 2 is 2.20 bits per heavy atom. The Morgan fingerprint density at radius 3 is 2.67 bits per heavy atom. The van der Waals surface area contributed by atoms with E-state index in [0.717, 1.165) is 0 Å². The van der Waals surface area contributed by atoms with E-state index in [2.05, 4.69) is 4.74 Å². The molecule has 0 bridgehead atoms. The zero-order valence-corrected chi connectivity index (χ0v) is 8.17. The number of esters is 1. The highest BCUT2D eigenvalue weighted by molar-refractivity contribution is 5.95. The Bertz CT molecular complexity index is 366.